The summed E-state index contributed by atoms with van der Waals surface area (Å²) in [7, 11) is 0. The Kier molecular flexibility index (Phi) is 5.01. The normalized spacial score (nSPS) is 8.83. The number of hydrogen-bond donors (Lipinski definition) is 0. The number of rotatable bonds is 5. The van der Waals surface area contributed by atoms with Gasteiger partial charge in [-0.25, -0.2) is 4.79 Å². The second-order valence-corrected chi connectivity index (χ2v) is 3.16. The molecule has 0 aliphatic carbocycles. The van der Waals surface area contributed by atoms with E-state index in [2.05, 4.69) is 9.47 Å². The third-order valence-electron chi connectivity index (χ3n) is 1.94. The summed E-state index contributed by atoms with van der Waals surface area (Å²) in [6.07, 6.45) is 3.56. The van der Waals surface area contributed by atoms with Gasteiger partial charge in [0.1, 0.15) is 5.56 Å². The highest BCUT2D eigenvalue weighted by molar-refractivity contribution is 5.93. The van der Waals surface area contributed by atoms with Crippen LogP contribution in [0.3, 0.4) is 0 Å². The second-order valence-electron chi connectivity index (χ2n) is 3.16. The molecule has 0 heterocycles. The third kappa shape index (κ3) is 3.13. The highest BCUT2D eigenvalue weighted by atomic mass is 16.5. The number of nitriles is 2. The first-order valence-corrected chi connectivity index (χ1v) is 5.16. The van der Waals surface area contributed by atoms with Crippen LogP contribution in [0.1, 0.15) is 23.7 Å². The van der Waals surface area contributed by atoms with Crippen LogP contribution in [-0.4, -0.2) is 12.6 Å². The van der Waals surface area contributed by atoms with Crippen LogP contribution in [0.2, 0.25) is 0 Å². The maximum absolute atomic E-state index is 11.7. The van der Waals surface area contributed by atoms with E-state index < -0.39 is 5.97 Å². The maximum Gasteiger partial charge on any atom is 0.342 e. The minimum Gasteiger partial charge on any atom is -0.462 e. The third-order valence-corrected chi connectivity index (χ3v) is 1.94. The molecular weight excluding hydrogens is 236 g/mol. The summed E-state index contributed by atoms with van der Waals surface area (Å²) in [5.74, 6) is -0.766. The molecule has 0 aliphatic heterocycles. The summed E-state index contributed by atoms with van der Waals surface area (Å²) in [6, 6.07) is 4.33. The van der Waals surface area contributed by atoms with Crippen molar-refractivity contribution >= 4 is 5.97 Å². The van der Waals surface area contributed by atoms with Crippen LogP contribution in [0.25, 0.3) is 0 Å². The number of hydrogen-bond acceptors (Lipinski definition) is 6. The predicted octanol–water partition coefficient (Wildman–Crippen LogP) is 1.97. The Labute approximate surface area is 104 Å². The molecule has 0 radical (unpaired) electrons. The lowest BCUT2D eigenvalue weighted by Gasteiger charge is -2.08. The molecule has 0 saturated heterocycles. The van der Waals surface area contributed by atoms with E-state index in [1.807, 2.05) is 6.92 Å². The van der Waals surface area contributed by atoms with Gasteiger partial charge in [-0.3, -0.25) is 0 Å². The van der Waals surface area contributed by atoms with Gasteiger partial charge >= 0.3 is 5.97 Å². The van der Waals surface area contributed by atoms with Gasteiger partial charge in [-0.05, 0) is 18.6 Å². The number of para-hydroxylation sites is 1. The van der Waals surface area contributed by atoms with E-state index in [1.54, 1.807) is 0 Å². The van der Waals surface area contributed by atoms with Crippen LogP contribution in [0.5, 0.6) is 11.5 Å². The summed E-state index contributed by atoms with van der Waals surface area (Å²) in [6.45, 7) is 2.11. The molecular formula is C12H10N2O4. The molecule has 1 aromatic rings. The Hall–Kier alpha value is -2.73. The highest BCUT2D eigenvalue weighted by Gasteiger charge is 2.19. The van der Waals surface area contributed by atoms with Crippen molar-refractivity contribution in [3.8, 4) is 24.0 Å². The average Bonchev–Trinajstić information content (AvgIpc) is 2.38. The van der Waals surface area contributed by atoms with Gasteiger partial charge in [-0.2, -0.15) is 0 Å². The van der Waals surface area contributed by atoms with E-state index in [4.69, 9.17) is 15.3 Å². The molecule has 0 spiro atoms. The van der Waals surface area contributed by atoms with E-state index in [1.165, 1.54) is 30.7 Å². The van der Waals surface area contributed by atoms with Crippen LogP contribution in [-0.2, 0) is 4.74 Å². The molecule has 0 aliphatic rings. The maximum atomic E-state index is 11.7. The highest BCUT2D eigenvalue weighted by Crippen LogP contribution is 2.31. The zero-order chi connectivity index (χ0) is 13.4. The molecule has 0 bridgehead atoms. The summed E-state index contributed by atoms with van der Waals surface area (Å²) in [5.41, 5.74) is 0.0396. The van der Waals surface area contributed by atoms with Crippen LogP contribution in [0.15, 0.2) is 18.2 Å². The molecule has 0 unspecified atom stereocenters. The zero-order valence-corrected chi connectivity index (χ0v) is 9.67. The van der Waals surface area contributed by atoms with Crippen molar-refractivity contribution in [2.24, 2.45) is 0 Å². The lowest BCUT2D eigenvalue weighted by atomic mass is 10.2. The molecule has 0 atom stereocenters. The molecule has 1 aromatic carbocycles. The predicted molar refractivity (Wildman–Crippen MR) is 59.5 cm³/mol. The number of benzene rings is 1. The smallest absolute Gasteiger partial charge is 0.342 e. The molecule has 0 amide bonds. The van der Waals surface area contributed by atoms with E-state index in [9.17, 15) is 4.79 Å². The Bertz CT molecular complexity index is 514. The first kappa shape index (κ1) is 13.3. The van der Waals surface area contributed by atoms with E-state index in [0.717, 1.165) is 0 Å². The Morgan fingerprint density at radius 3 is 2.61 bits per heavy atom. The number of carbonyl (C=O) groups excluding carboxylic acids is 1. The largest absolute Gasteiger partial charge is 0.462 e. The summed E-state index contributed by atoms with van der Waals surface area (Å²) < 4.78 is 14.2. The fourth-order valence-corrected chi connectivity index (χ4v) is 1.23. The average molecular weight is 246 g/mol. The Balaban J connectivity index is 3.10. The SMILES string of the molecule is CCCOC(=O)c1cccc(OC#N)c1OC#N. The van der Waals surface area contributed by atoms with Gasteiger partial charge < -0.3 is 14.2 Å². The van der Waals surface area contributed by atoms with Crippen molar-refractivity contribution in [3.63, 3.8) is 0 Å². The minimum atomic E-state index is -0.634. The van der Waals surface area contributed by atoms with E-state index in [-0.39, 0.29) is 23.7 Å². The Morgan fingerprint density at radius 2 is 2.00 bits per heavy atom. The van der Waals surface area contributed by atoms with Crippen LogP contribution in [0.4, 0.5) is 0 Å². The Morgan fingerprint density at radius 1 is 1.28 bits per heavy atom. The van der Waals surface area contributed by atoms with Crippen LogP contribution in [0, 0.1) is 23.0 Å². The molecule has 0 saturated carbocycles. The molecule has 6 nitrogen and oxygen atoms in total. The number of ether oxygens (including phenoxy) is 3. The standard InChI is InChI=1S/C12H10N2O4/c1-2-6-16-12(15)9-4-3-5-10(17-7-13)11(9)18-8-14/h3-5H,2,6H2,1H3. The molecule has 18 heavy (non-hydrogen) atoms. The minimum absolute atomic E-state index is 0.00926. The lowest BCUT2D eigenvalue weighted by molar-refractivity contribution is 0.0502. The molecule has 0 fully saturated rings. The van der Waals surface area contributed by atoms with Gasteiger partial charge in [-0.15, -0.1) is 10.5 Å². The monoisotopic (exact) mass is 246 g/mol. The number of nitrogens with zero attached hydrogens (tertiary/aromatic N) is 2. The van der Waals surface area contributed by atoms with E-state index >= 15 is 0 Å². The molecule has 92 valence electrons. The van der Waals surface area contributed by atoms with Gasteiger partial charge in [0.05, 0.1) is 6.61 Å². The van der Waals surface area contributed by atoms with Gasteiger partial charge in [0.25, 0.3) is 12.5 Å². The molecule has 6 heteroatoms. The zero-order valence-electron chi connectivity index (χ0n) is 9.67. The summed E-state index contributed by atoms with van der Waals surface area (Å²) in [5, 5.41) is 17.0. The van der Waals surface area contributed by atoms with Gasteiger partial charge in [0.15, 0.2) is 11.5 Å². The van der Waals surface area contributed by atoms with E-state index in [0.29, 0.717) is 6.42 Å². The molecule has 1 rings (SSSR count). The van der Waals surface area contributed by atoms with Gasteiger partial charge in [-0.1, -0.05) is 13.0 Å². The second kappa shape index (κ2) is 6.77. The fourth-order valence-electron chi connectivity index (χ4n) is 1.23. The first-order valence-electron chi connectivity index (χ1n) is 5.16. The molecule has 0 aromatic heterocycles. The summed E-state index contributed by atoms with van der Waals surface area (Å²) in [4.78, 5) is 11.7. The lowest BCUT2D eigenvalue weighted by Crippen LogP contribution is -2.08. The van der Waals surface area contributed by atoms with Gasteiger partial charge in [0.2, 0.25) is 0 Å². The summed E-state index contributed by atoms with van der Waals surface area (Å²) >= 11 is 0. The first-order chi connectivity index (χ1) is 8.74. The quantitative estimate of drug-likeness (QED) is 0.582. The van der Waals surface area contributed by atoms with Crippen molar-refractivity contribution in [2.75, 3.05) is 6.61 Å². The van der Waals surface area contributed by atoms with Crippen molar-refractivity contribution < 1.29 is 19.0 Å². The van der Waals surface area contributed by atoms with Crippen molar-refractivity contribution in [3.05, 3.63) is 23.8 Å². The van der Waals surface area contributed by atoms with Crippen LogP contribution < -0.4 is 9.47 Å². The van der Waals surface area contributed by atoms with Crippen molar-refractivity contribution in [1.29, 1.82) is 10.5 Å². The van der Waals surface area contributed by atoms with Crippen molar-refractivity contribution in [1.82, 2.24) is 0 Å². The number of esters is 1. The number of carbonyl (C=O) groups is 1. The van der Waals surface area contributed by atoms with Crippen LogP contribution >= 0.6 is 0 Å². The fraction of sp³-hybridized carbons (Fsp3) is 0.250. The van der Waals surface area contributed by atoms with Gasteiger partial charge in [0, 0.05) is 0 Å². The molecule has 0 N–H and O–H groups in total. The van der Waals surface area contributed by atoms with Crippen molar-refractivity contribution in [2.45, 2.75) is 13.3 Å². The topological polar surface area (TPSA) is 92.3 Å².